The van der Waals surface area contributed by atoms with Crippen LogP contribution < -0.4 is 0 Å². The second kappa shape index (κ2) is 20.1. The van der Waals surface area contributed by atoms with Crippen LogP contribution in [0.2, 0.25) is 0 Å². The van der Waals surface area contributed by atoms with Crippen LogP contribution in [-0.4, -0.2) is 28.6 Å². The normalized spacial score (nSPS) is 13.6. The van der Waals surface area contributed by atoms with E-state index >= 15 is 0 Å². The Morgan fingerprint density at radius 2 is 1.00 bits per heavy atom. The quantitative estimate of drug-likeness (QED) is 0.167. The first kappa shape index (κ1) is 26.4. The summed E-state index contributed by atoms with van der Waals surface area (Å²) in [4.78, 5) is 10.9. The first-order chi connectivity index (χ1) is 13.1. The Kier molecular flexibility index (Phi) is 19.7. The molecule has 0 heterocycles. The Balaban J connectivity index is 3.81. The summed E-state index contributed by atoms with van der Waals surface area (Å²) in [7, 11) is 0. The van der Waals surface area contributed by atoms with Crippen molar-refractivity contribution in [1.29, 1.82) is 0 Å². The van der Waals surface area contributed by atoms with Gasteiger partial charge in [0.2, 0.25) is 0 Å². The molecule has 162 valence electrons. The van der Waals surface area contributed by atoms with Gasteiger partial charge < -0.3 is 14.9 Å². The smallest absolute Gasteiger partial charge is 0.360 e. The van der Waals surface area contributed by atoms with Crippen LogP contribution in [0, 0.1) is 0 Å². The molecule has 0 rings (SSSR count). The maximum atomic E-state index is 10.9. The number of carboxylic acids is 1. The number of hydrogen-bond acceptors (Lipinski definition) is 3. The van der Waals surface area contributed by atoms with Gasteiger partial charge in [0, 0.05) is 0 Å². The highest BCUT2D eigenvalue weighted by Crippen LogP contribution is 2.18. The van der Waals surface area contributed by atoms with Gasteiger partial charge >= 0.3 is 5.97 Å². The van der Waals surface area contributed by atoms with Crippen LogP contribution in [0.4, 0.5) is 0 Å². The van der Waals surface area contributed by atoms with Crippen molar-refractivity contribution in [3.63, 3.8) is 0 Å². The number of carbonyl (C=O) groups is 1. The van der Waals surface area contributed by atoms with Crippen molar-refractivity contribution in [3.8, 4) is 0 Å². The minimum atomic E-state index is -1.68. The van der Waals surface area contributed by atoms with Crippen molar-refractivity contribution in [2.45, 2.75) is 142 Å². The Labute approximate surface area is 168 Å². The summed E-state index contributed by atoms with van der Waals surface area (Å²) in [6.07, 6.45) is 20.1. The van der Waals surface area contributed by atoms with E-state index in [1.54, 1.807) is 0 Å². The van der Waals surface area contributed by atoms with Crippen molar-refractivity contribution >= 4 is 5.97 Å². The zero-order valence-electron chi connectivity index (χ0n) is 18.1. The van der Waals surface area contributed by atoms with Gasteiger partial charge in [0.15, 0.2) is 0 Å². The molecule has 0 aliphatic rings. The molecule has 0 spiro atoms. The summed E-state index contributed by atoms with van der Waals surface area (Å²) in [5.74, 6) is -1.29. The van der Waals surface area contributed by atoms with Gasteiger partial charge in [-0.2, -0.15) is 0 Å². The maximum Gasteiger partial charge on any atom is 0.360 e. The molecule has 27 heavy (non-hydrogen) atoms. The number of carboxylic acid groups (broad SMARTS) is 1. The summed E-state index contributed by atoms with van der Waals surface area (Å²) in [6.45, 7) is 4.46. The lowest BCUT2D eigenvalue weighted by atomic mass is 10.0. The highest BCUT2D eigenvalue weighted by Gasteiger charge is 2.19. The van der Waals surface area contributed by atoms with E-state index in [4.69, 9.17) is 9.84 Å². The van der Waals surface area contributed by atoms with Gasteiger partial charge in [-0.05, 0) is 12.8 Å². The number of ether oxygens (including phenoxy) is 1. The third-order valence-corrected chi connectivity index (χ3v) is 5.29. The largest absolute Gasteiger partial charge is 0.477 e. The van der Waals surface area contributed by atoms with Crippen LogP contribution in [0.5, 0.6) is 0 Å². The molecule has 2 atom stereocenters. The molecule has 0 bridgehead atoms. The summed E-state index contributed by atoms with van der Waals surface area (Å²) in [5.41, 5.74) is 0. The summed E-state index contributed by atoms with van der Waals surface area (Å²) >= 11 is 0. The minimum Gasteiger partial charge on any atom is -0.477 e. The van der Waals surface area contributed by atoms with Crippen LogP contribution in [0.1, 0.15) is 129 Å². The summed E-state index contributed by atoms with van der Waals surface area (Å²) in [5, 5.41) is 18.4. The molecule has 0 aromatic heterocycles. The Morgan fingerprint density at radius 1 is 0.667 bits per heavy atom. The van der Waals surface area contributed by atoms with Crippen LogP contribution in [0.15, 0.2) is 0 Å². The highest BCUT2D eigenvalue weighted by molar-refractivity contribution is 5.70. The maximum absolute atomic E-state index is 10.9. The van der Waals surface area contributed by atoms with Crippen molar-refractivity contribution in [2.24, 2.45) is 0 Å². The molecule has 4 nitrogen and oxygen atoms in total. The van der Waals surface area contributed by atoms with Crippen LogP contribution >= 0.6 is 0 Å². The van der Waals surface area contributed by atoms with Crippen LogP contribution in [-0.2, 0) is 9.53 Å². The van der Waals surface area contributed by atoms with E-state index in [0.717, 1.165) is 25.7 Å². The predicted molar refractivity (Wildman–Crippen MR) is 113 cm³/mol. The van der Waals surface area contributed by atoms with E-state index in [9.17, 15) is 9.90 Å². The van der Waals surface area contributed by atoms with Gasteiger partial charge in [0.1, 0.15) is 0 Å². The standard InChI is InChI=1S/C23H46O4/c1-3-5-7-9-11-12-13-14-16-18-20-21(27-23(26)22(24)25)19-17-15-10-8-6-4-2/h21,23,26H,3-20H2,1-2H3,(H,24,25). The number of rotatable bonds is 21. The first-order valence-corrected chi connectivity index (χ1v) is 11.7. The van der Waals surface area contributed by atoms with Crippen molar-refractivity contribution in [1.82, 2.24) is 0 Å². The number of aliphatic hydroxyl groups is 1. The summed E-state index contributed by atoms with van der Waals surface area (Å²) in [6, 6.07) is 0. The van der Waals surface area contributed by atoms with E-state index < -0.39 is 12.3 Å². The van der Waals surface area contributed by atoms with Crippen LogP contribution in [0.3, 0.4) is 0 Å². The van der Waals surface area contributed by atoms with Gasteiger partial charge in [0.05, 0.1) is 6.10 Å². The van der Waals surface area contributed by atoms with E-state index in [0.29, 0.717) is 0 Å². The molecule has 0 saturated carbocycles. The molecule has 0 aliphatic carbocycles. The van der Waals surface area contributed by atoms with Crippen molar-refractivity contribution in [3.05, 3.63) is 0 Å². The molecule has 0 fully saturated rings. The van der Waals surface area contributed by atoms with Gasteiger partial charge in [0.25, 0.3) is 6.29 Å². The van der Waals surface area contributed by atoms with Gasteiger partial charge in [-0.15, -0.1) is 0 Å². The van der Waals surface area contributed by atoms with Crippen molar-refractivity contribution < 1.29 is 19.7 Å². The zero-order chi connectivity index (χ0) is 20.2. The van der Waals surface area contributed by atoms with Crippen LogP contribution in [0.25, 0.3) is 0 Å². The minimum absolute atomic E-state index is 0.128. The first-order valence-electron chi connectivity index (χ1n) is 11.7. The zero-order valence-corrected chi connectivity index (χ0v) is 18.1. The summed E-state index contributed by atoms with van der Waals surface area (Å²) < 4.78 is 5.38. The van der Waals surface area contributed by atoms with E-state index in [1.165, 1.54) is 89.9 Å². The molecule has 0 aliphatic heterocycles. The lowest BCUT2D eigenvalue weighted by molar-refractivity contribution is -0.187. The number of aliphatic hydroxyl groups excluding tert-OH is 1. The Hall–Kier alpha value is -0.610. The third kappa shape index (κ3) is 18.5. The second-order valence-corrected chi connectivity index (χ2v) is 7.98. The number of hydrogen-bond donors (Lipinski definition) is 2. The van der Waals surface area contributed by atoms with Gasteiger partial charge in [-0.3, -0.25) is 0 Å². The molecule has 2 unspecified atom stereocenters. The second-order valence-electron chi connectivity index (χ2n) is 7.98. The lowest BCUT2D eigenvalue weighted by Crippen LogP contribution is -2.29. The van der Waals surface area contributed by atoms with Gasteiger partial charge in [-0.25, -0.2) is 4.79 Å². The Morgan fingerprint density at radius 3 is 1.33 bits per heavy atom. The fourth-order valence-electron chi connectivity index (χ4n) is 3.53. The number of aliphatic carboxylic acids is 1. The lowest BCUT2D eigenvalue weighted by Gasteiger charge is -2.19. The van der Waals surface area contributed by atoms with E-state index in [2.05, 4.69) is 13.8 Å². The average molecular weight is 387 g/mol. The average Bonchev–Trinajstić information content (AvgIpc) is 2.65. The Bertz CT molecular complexity index is 320. The SMILES string of the molecule is CCCCCCCCCCCCC(CCCCCCCC)OC(O)C(=O)O. The monoisotopic (exact) mass is 386 g/mol. The third-order valence-electron chi connectivity index (χ3n) is 5.29. The molecule has 0 aromatic carbocycles. The molecule has 0 radical (unpaired) electrons. The molecular formula is C23H46O4. The predicted octanol–water partition coefficient (Wildman–Crippen LogP) is 6.84. The molecule has 0 saturated heterocycles. The molecule has 0 amide bonds. The highest BCUT2D eigenvalue weighted by atomic mass is 16.6. The van der Waals surface area contributed by atoms with E-state index in [1.807, 2.05) is 0 Å². The molecule has 2 N–H and O–H groups in total. The molecule has 4 heteroatoms. The van der Waals surface area contributed by atoms with Crippen molar-refractivity contribution in [2.75, 3.05) is 0 Å². The van der Waals surface area contributed by atoms with E-state index in [-0.39, 0.29) is 6.10 Å². The van der Waals surface area contributed by atoms with Gasteiger partial charge in [-0.1, -0.05) is 117 Å². The fourth-order valence-corrected chi connectivity index (χ4v) is 3.53. The fraction of sp³-hybridized carbons (Fsp3) is 0.957. The molecule has 0 aromatic rings. The number of unbranched alkanes of at least 4 members (excludes halogenated alkanes) is 14. The molecular weight excluding hydrogens is 340 g/mol. The topological polar surface area (TPSA) is 66.8 Å².